The molecule has 0 aliphatic carbocycles. The summed E-state index contributed by atoms with van der Waals surface area (Å²) in [5.41, 5.74) is 2.10. The number of nitriles is 1. The van der Waals surface area contributed by atoms with E-state index in [9.17, 15) is 4.39 Å². The third kappa shape index (κ3) is 3.36. The molecular weight excluding hydrogens is 241 g/mol. The molecule has 1 aromatic heterocycles. The maximum Gasteiger partial charge on any atom is 0.140 e. The second-order valence-electron chi connectivity index (χ2n) is 4.31. The Morgan fingerprint density at radius 1 is 1.32 bits per heavy atom. The summed E-state index contributed by atoms with van der Waals surface area (Å²) in [4.78, 5) is 3.97. The number of halogens is 1. The van der Waals surface area contributed by atoms with Gasteiger partial charge in [0, 0.05) is 25.0 Å². The summed E-state index contributed by atoms with van der Waals surface area (Å²) in [6.07, 6.45) is 3.50. The lowest BCUT2D eigenvalue weighted by Gasteiger charge is -2.14. The van der Waals surface area contributed by atoms with Gasteiger partial charge in [-0.25, -0.2) is 4.39 Å². The van der Waals surface area contributed by atoms with E-state index < -0.39 is 5.82 Å². The van der Waals surface area contributed by atoms with Crippen molar-refractivity contribution in [2.45, 2.75) is 19.5 Å². The van der Waals surface area contributed by atoms with Crippen molar-refractivity contribution in [2.24, 2.45) is 0 Å². The molecule has 2 rings (SSSR count). The molecule has 0 saturated carbocycles. The smallest absolute Gasteiger partial charge is 0.140 e. The van der Waals surface area contributed by atoms with Gasteiger partial charge in [-0.1, -0.05) is 6.07 Å². The van der Waals surface area contributed by atoms with Crippen molar-refractivity contribution in [3.05, 3.63) is 65.2 Å². The third-order valence-corrected chi connectivity index (χ3v) is 2.97. The van der Waals surface area contributed by atoms with E-state index in [4.69, 9.17) is 5.26 Å². The summed E-state index contributed by atoms with van der Waals surface area (Å²) in [6, 6.07) is 10.5. The van der Waals surface area contributed by atoms with Gasteiger partial charge in [-0.2, -0.15) is 5.26 Å². The molecule has 0 spiro atoms. The zero-order valence-electron chi connectivity index (χ0n) is 10.6. The molecule has 2 aromatic rings. The summed E-state index contributed by atoms with van der Waals surface area (Å²) in [5, 5.41) is 12.1. The fraction of sp³-hybridized carbons (Fsp3) is 0.200. The Hall–Kier alpha value is -2.25. The monoisotopic (exact) mass is 255 g/mol. The van der Waals surface area contributed by atoms with Crippen LogP contribution in [-0.4, -0.2) is 4.98 Å². The Balaban J connectivity index is 2.01. The van der Waals surface area contributed by atoms with E-state index in [1.165, 1.54) is 6.07 Å². The van der Waals surface area contributed by atoms with Gasteiger partial charge in [0.25, 0.3) is 0 Å². The first-order valence-corrected chi connectivity index (χ1v) is 6.02. The van der Waals surface area contributed by atoms with Gasteiger partial charge in [-0.05, 0) is 42.3 Å². The van der Waals surface area contributed by atoms with Crippen molar-refractivity contribution in [1.82, 2.24) is 10.3 Å². The zero-order valence-corrected chi connectivity index (χ0v) is 10.6. The highest BCUT2D eigenvalue weighted by Crippen LogP contribution is 2.13. The predicted octanol–water partition coefficient (Wildman–Crippen LogP) is 2.94. The number of rotatable bonds is 4. The van der Waals surface area contributed by atoms with E-state index in [0.717, 1.165) is 11.1 Å². The minimum atomic E-state index is -0.478. The van der Waals surface area contributed by atoms with E-state index in [1.54, 1.807) is 24.5 Å². The minimum absolute atomic E-state index is 0.0795. The molecule has 0 aliphatic heterocycles. The number of benzene rings is 1. The number of nitrogens with zero attached hydrogens (tertiary/aromatic N) is 2. The molecule has 0 aliphatic rings. The topological polar surface area (TPSA) is 48.7 Å². The van der Waals surface area contributed by atoms with Crippen molar-refractivity contribution in [2.75, 3.05) is 0 Å². The predicted molar refractivity (Wildman–Crippen MR) is 70.6 cm³/mol. The van der Waals surface area contributed by atoms with Crippen LogP contribution < -0.4 is 5.32 Å². The Bertz CT molecular complexity index is 590. The Morgan fingerprint density at radius 2 is 2.05 bits per heavy atom. The summed E-state index contributed by atoms with van der Waals surface area (Å²) in [7, 11) is 0. The molecule has 3 nitrogen and oxygen atoms in total. The number of hydrogen-bond donors (Lipinski definition) is 1. The van der Waals surface area contributed by atoms with Gasteiger partial charge in [0.15, 0.2) is 0 Å². The molecule has 19 heavy (non-hydrogen) atoms. The second-order valence-corrected chi connectivity index (χ2v) is 4.31. The van der Waals surface area contributed by atoms with Crippen molar-refractivity contribution in [3.8, 4) is 6.07 Å². The first-order valence-electron chi connectivity index (χ1n) is 6.02. The molecule has 1 aromatic carbocycles. The first-order chi connectivity index (χ1) is 9.20. The fourth-order valence-electron chi connectivity index (χ4n) is 1.81. The highest BCUT2D eigenvalue weighted by molar-refractivity contribution is 5.34. The van der Waals surface area contributed by atoms with Crippen molar-refractivity contribution < 1.29 is 4.39 Å². The summed E-state index contributed by atoms with van der Waals surface area (Å²) in [6.45, 7) is 2.63. The van der Waals surface area contributed by atoms with Crippen LogP contribution in [0.5, 0.6) is 0 Å². The highest BCUT2D eigenvalue weighted by Gasteiger charge is 2.06. The molecule has 1 heterocycles. The number of pyridine rings is 1. The average Bonchev–Trinajstić information content (AvgIpc) is 2.47. The van der Waals surface area contributed by atoms with Crippen LogP contribution in [0.25, 0.3) is 0 Å². The van der Waals surface area contributed by atoms with E-state index in [0.29, 0.717) is 6.54 Å². The van der Waals surface area contributed by atoms with Crippen LogP contribution in [0.1, 0.15) is 29.7 Å². The van der Waals surface area contributed by atoms with Crippen LogP contribution in [0.15, 0.2) is 42.7 Å². The molecule has 0 fully saturated rings. The highest BCUT2D eigenvalue weighted by atomic mass is 19.1. The standard InChI is InChI=1S/C15H14FN3/c1-11(13-4-6-18-7-5-13)19-10-12-2-3-15(16)14(8-12)9-17/h2-8,11,19H,10H2,1H3/t11-/m0/s1. The van der Waals surface area contributed by atoms with E-state index >= 15 is 0 Å². The van der Waals surface area contributed by atoms with Gasteiger partial charge in [0.05, 0.1) is 5.56 Å². The van der Waals surface area contributed by atoms with Crippen LogP contribution in [-0.2, 0) is 6.54 Å². The molecule has 0 bridgehead atoms. The maximum atomic E-state index is 13.2. The van der Waals surface area contributed by atoms with E-state index in [-0.39, 0.29) is 11.6 Å². The third-order valence-electron chi connectivity index (χ3n) is 2.97. The molecule has 4 heteroatoms. The lowest BCUT2D eigenvalue weighted by molar-refractivity contribution is 0.572. The molecule has 96 valence electrons. The molecule has 1 N–H and O–H groups in total. The van der Waals surface area contributed by atoms with E-state index in [2.05, 4.69) is 10.3 Å². The van der Waals surface area contributed by atoms with Gasteiger partial charge >= 0.3 is 0 Å². The molecule has 0 unspecified atom stereocenters. The maximum absolute atomic E-state index is 13.2. The zero-order chi connectivity index (χ0) is 13.7. The van der Waals surface area contributed by atoms with Crippen molar-refractivity contribution >= 4 is 0 Å². The van der Waals surface area contributed by atoms with Crippen LogP contribution in [0.2, 0.25) is 0 Å². The lowest BCUT2D eigenvalue weighted by Crippen LogP contribution is -2.18. The Morgan fingerprint density at radius 3 is 2.74 bits per heavy atom. The first kappa shape index (κ1) is 13.2. The average molecular weight is 255 g/mol. The molecule has 0 radical (unpaired) electrons. The van der Waals surface area contributed by atoms with Crippen molar-refractivity contribution in [1.29, 1.82) is 5.26 Å². The van der Waals surface area contributed by atoms with Crippen molar-refractivity contribution in [3.63, 3.8) is 0 Å². The summed E-state index contributed by atoms with van der Waals surface area (Å²) >= 11 is 0. The van der Waals surface area contributed by atoms with Crippen LogP contribution in [0.3, 0.4) is 0 Å². The number of hydrogen-bond acceptors (Lipinski definition) is 3. The van der Waals surface area contributed by atoms with Gasteiger partial charge < -0.3 is 5.32 Å². The lowest BCUT2D eigenvalue weighted by atomic mass is 10.1. The molecule has 0 saturated heterocycles. The van der Waals surface area contributed by atoms with E-state index in [1.807, 2.05) is 25.1 Å². The molecule has 0 amide bonds. The van der Waals surface area contributed by atoms with Crippen LogP contribution >= 0.6 is 0 Å². The van der Waals surface area contributed by atoms with Gasteiger partial charge in [-0.3, -0.25) is 4.98 Å². The van der Waals surface area contributed by atoms with Gasteiger partial charge in [0.2, 0.25) is 0 Å². The molecule has 1 atom stereocenters. The normalized spacial score (nSPS) is 11.8. The van der Waals surface area contributed by atoms with Crippen LogP contribution in [0.4, 0.5) is 4.39 Å². The largest absolute Gasteiger partial charge is 0.306 e. The second kappa shape index (κ2) is 6.07. The minimum Gasteiger partial charge on any atom is -0.306 e. The van der Waals surface area contributed by atoms with Gasteiger partial charge in [0.1, 0.15) is 11.9 Å². The molecular formula is C15H14FN3. The van der Waals surface area contributed by atoms with Crippen LogP contribution in [0, 0.1) is 17.1 Å². The Labute approximate surface area is 111 Å². The number of aromatic nitrogens is 1. The number of nitrogens with one attached hydrogen (secondary N) is 1. The Kier molecular flexibility index (Phi) is 4.22. The summed E-state index contributed by atoms with van der Waals surface area (Å²) in [5.74, 6) is -0.478. The summed E-state index contributed by atoms with van der Waals surface area (Å²) < 4.78 is 13.2. The van der Waals surface area contributed by atoms with Gasteiger partial charge in [-0.15, -0.1) is 0 Å². The SMILES string of the molecule is C[C@H](NCc1ccc(F)c(C#N)c1)c1ccncc1. The quantitative estimate of drug-likeness (QED) is 0.913. The fourth-order valence-corrected chi connectivity index (χ4v) is 1.81.